The average molecular weight is 225 g/mol. The van der Waals surface area contributed by atoms with Gasteiger partial charge in [0, 0.05) is 13.1 Å². The number of nitrogens with zero attached hydrogens (tertiary/aromatic N) is 1. The lowest BCUT2D eigenvalue weighted by molar-refractivity contribution is -0.147. The van der Waals surface area contributed by atoms with Gasteiger partial charge in [-0.2, -0.15) is 0 Å². The monoisotopic (exact) mass is 225 g/mol. The molecule has 0 unspecified atom stereocenters. The van der Waals surface area contributed by atoms with E-state index in [9.17, 15) is 4.79 Å². The zero-order valence-corrected chi connectivity index (χ0v) is 10.6. The zero-order valence-electron chi connectivity index (χ0n) is 10.6. The second-order valence-electron chi connectivity index (χ2n) is 5.21. The predicted molar refractivity (Wildman–Crippen MR) is 65.5 cm³/mol. The van der Waals surface area contributed by atoms with Crippen LogP contribution in [0.4, 0.5) is 0 Å². The largest absolute Gasteiger partial charge is 0.481 e. The van der Waals surface area contributed by atoms with Crippen molar-refractivity contribution in [3.8, 4) is 0 Å². The topological polar surface area (TPSA) is 40.5 Å². The molecule has 1 heterocycles. The van der Waals surface area contributed by atoms with Crippen molar-refractivity contribution in [2.24, 2.45) is 5.41 Å². The molecule has 16 heavy (non-hydrogen) atoms. The molecule has 1 rings (SSSR count). The van der Waals surface area contributed by atoms with E-state index in [1.54, 1.807) is 13.8 Å². The molecule has 92 valence electrons. The maximum Gasteiger partial charge on any atom is 0.309 e. The molecule has 0 amide bonds. The molecule has 0 saturated heterocycles. The van der Waals surface area contributed by atoms with Gasteiger partial charge in [0.25, 0.3) is 0 Å². The zero-order chi connectivity index (χ0) is 12.2. The first kappa shape index (κ1) is 13.2. The fraction of sp³-hybridized carbons (Fsp3) is 0.769. The Morgan fingerprint density at radius 2 is 2.25 bits per heavy atom. The average Bonchev–Trinajstić information content (AvgIpc) is 2.26. The summed E-state index contributed by atoms with van der Waals surface area (Å²) >= 11 is 0. The molecule has 3 nitrogen and oxygen atoms in total. The number of hydrogen-bond acceptors (Lipinski definition) is 2. The molecule has 1 N–H and O–H groups in total. The number of carbonyl (C=O) groups is 1. The number of likely N-dealkylation sites (N-methyl/N-ethyl adjacent to an activating group) is 1. The van der Waals surface area contributed by atoms with Gasteiger partial charge in [-0.1, -0.05) is 18.6 Å². The number of aliphatic carboxylic acids is 1. The van der Waals surface area contributed by atoms with Gasteiger partial charge in [-0.05, 0) is 39.7 Å². The first-order valence-electron chi connectivity index (χ1n) is 6.09. The Balaban J connectivity index is 2.44. The predicted octanol–water partition coefficient (Wildman–Crippen LogP) is 2.53. The highest BCUT2D eigenvalue weighted by Crippen LogP contribution is 2.26. The molecular weight excluding hydrogens is 202 g/mol. The highest BCUT2D eigenvalue weighted by Gasteiger charge is 2.27. The lowest BCUT2D eigenvalue weighted by Gasteiger charge is -2.27. The van der Waals surface area contributed by atoms with Crippen LogP contribution in [0.3, 0.4) is 0 Å². The van der Waals surface area contributed by atoms with Crippen molar-refractivity contribution in [1.82, 2.24) is 4.90 Å². The first-order valence-corrected chi connectivity index (χ1v) is 6.09. The van der Waals surface area contributed by atoms with Crippen LogP contribution in [0.5, 0.6) is 0 Å². The fourth-order valence-electron chi connectivity index (χ4n) is 1.91. The molecule has 1 aliphatic heterocycles. The van der Waals surface area contributed by atoms with Gasteiger partial charge in [0.15, 0.2) is 0 Å². The van der Waals surface area contributed by atoms with Crippen molar-refractivity contribution in [2.75, 3.05) is 19.6 Å². The van der Waals surface area contributed by atoms with Gasteiger partial charge in [-0.25, -0.2) is 0 Å². The van der Waals surface area contributed by atoms with Gasteiger partial charge in [-0.3, -0.25) is 9.69 Å². The van der Waals surface area contributed by atoms with Gasteiger partial charge < -0.3 is 5.11 Å². The number of hydrogen-bond donors (Lipinski definition) is 1. The molecule has 0 aromatic rings. The van der Waals surface area contributed by atoms with E-state index in [2.05, 4.69) is 17.9 Å². The third kappa shape index (κ3) is 3.63. The van der Waals surface area contributed by atoms with E-state index in [0.717, 1.165) is 38.9 Å². The van der Waals surface area contributed by atoms with E-state index in [1.807, 2.05) is 0 Å². The van der Waals surface area contributed by atoms with Crippen molar-refractivity contribution in [3.05, 3.63) is 11.6 Å². The van der Waals surface area contributed by atoms with E-state index < -0.39 is 11.4 Å². The second-order valence-corrected chi connectivity index (χ2v) is 5.21. The molecule has 0 spiro atoms. The number of carboxylic acids is 1. The van der Waals surface area contributed by atoms with Crippen LogP contribution in [0, 0.1) is 5.41 Å². The van der Waals surface area contributed by atoms with Gasteiger partial charge >= 0.3 is 5.97 Å². The first-order chi connectivity index (χ1) is 7.45. The minimum Gasteiger partial charge on any atom is -0.481 e. The van der Waals surface area contributed by atoms with Gasteiger partial charge in [0.2, 0.25) is 0 Å². The molecule has 0 aliphatic carbocycles. The number of carboxylic acid groups (broad SMARTS) is 1. The minimum absolute atomic E-state index is 0.602. The number of rotatable bonds is 5. The van der Waals surface area contributed by atoms with Gasteiger partial charge in [-0.15, -0.1) is 0 Å². The molecule has 0 fully saturated rings. The molecule has 0 saturated carbocycles. The van der Waals surface area contributed by atoms with E-state index in [-0.39, 0.29) is 0 Å². The lowest BCUT2D eigenvalue weighted by atomic mass is 9.86. The molecule has 0 radical (unpaired) electrons. The molecule has 0 aromatic carbocycles. The second kappa shape index (κ2) is 5.48. The Kier molecular flexibility index (Phi) is 4.54. The summed E-state index contributed by atoms with van der Waals surface area (Å²) in [7, 11) is 0. The van der Waals surface area contributed by atoms with E-state index >= 15 is 0 Å². The third-order valence-electron chi connectivity index (χ3n) is 3.40. The van der Waals surface area contributed by atoms with E-state index in [0.29, 0.717) is 0 Å². The molecule has 3 heteroatoms. The van der Waals surface area contributed by atoms with Crippen molar-refractivity contribution >= 4 is 5.97 Å². The molecule has 0 atom stereocenters. The molecule has 1 aliphatic rings. The van der Waals surface area contributed by atoms with Crippen molar-refractivity contribution < 1.29 is 9.90 Å². The minimum atomic E-state index is -0.698. The summed E-state index contributed by atoms with van der Waals surface area (Å²) in [4.78, 5) is 13.4. The summed E-state index contributed by atoms with van der Waals surface area (Å²) in [5.74, 6) is -0.698. The van der Waals surface area contributed by atoms with Crippen LogP contribution in [0.2, 0.25) is 0 Å². The lowest BCUT2D eigenvalue weighted by Crippen LogP contribution is -2.30. The highest BCUT2D eigenvalue weighted by molar-refractivity contribution is 5.73. The Bertz CT molecular complexity index is 282. The maximum absolute atomic E-state index is 11.0. The van der Waals surface area contributed by atoms with Crippen LogP contribution in [0.25, 0.3) is 0 Å². The summed E-state index contributed by atoms with van der Waals surface area (Å²) in [6.45, 7) is 9.02. The summed E-state index contributed by atoms with van der Waals surface area (Å²) in [6, 6.07) is 0. The van der Waals surface area contributed by atoms with Crippen LogP contribution < -0.4 is 0 Å². The van der Waals surface area contributed by atoms with Crippen molar-refractivity contribution in [1.29, 1.82) is 0 Å². The molecular formula is C13H23NO2. The summed E-state index contributed by atoms with van der Waals surface area (Å²) in [5, 5.41) is 9.04. The standard InChI is InChI=1S/C13H23NO2/c1-4-14-9-5-6-11(10-14)7-8-13(2,3)12(15)16/h6H,4-5,7-10H2,1-3H3,(H,15,16). The normalized spacial score (nSPS) is 18.3. The summed E-state index contributed by atoms with van der Waals surface area (Å²) in [5.41, 5.74) is 0.803. The van der Waals surface area contributed by atoms with Gasteiger partial charge in [0.05, 0.1) is 5.41 Å². The van der Waals surface area contributed by atoms with E-state index in [4.69, 9.17) is 5.11 Å². The van der Waals surface area contributed by atoms with Gasteiger partial charge in [0.1, 0.15) is 0 Å². The van der Waals surface area contributed by atoms with Crippen molar-refractivity contribution in [2.45, 2.75) is 40.0 Å². The third-order valence-corrected chi connectivity index (χ3v) is 3.40. The van der Waals surface area contributed by atoms with Crippen LogP contribution in [0.15, 0.2) is 11.6 Å². The fourth-order valence-corrected chi connectivity index (χ4v) is 1.91. The maximum atomic E-state index is 11.0. The Labute approximate surface area is 98.1 Å². The molecule has 0 bridgehead atoms. The highest BCUT2D eigenvalue weighted by atomic mass is 16.4. The Morgan fingerprint density at radius 1 is 1.56 bits per heavy atom. The molecule has 0 aromatic heterocycles. The van der Waals surface area contributed by atoms with Crippen LogP contribution in [-0.4, -0.2) is 35.6 Å². The van der Waals surface area contributed by atoms with E-state index in [1.165, 1.54) is 5.57 Å². The Hall–Kier alpha value is -0.830. The van der Waals surface area contributed by atoms with Crippen molar-refractivity contribution in [3.63, 3.8) is 0 Å². The quantitative estimate of drug-likeness (QED) is 0.731. The Morgan fingerprint density at radius 3 is 2.81 bits per heavy atom. The van der Waals surface area contributed by atoms with Crippen LogP contribution >= 0.6 is 0 Å². The summed E-state index contributed by atoms with van der Waals surface area (Å²) < 4.78 is 0. The van der Waals surface area contributed by atoms with Crippen LogP contribution in [-0.2, 0) is 4.79 Å². The SMILES string of the molecule is CCN1CCC=C(CCC(C)(C)C(=O)O)C1. The summed E-state index contributed by atoms with van der Waals surface area (Å²) in [6.07, 6.45) is 5.03. The smallest absolute Gasteiger partial charge is 0.309 e. The van der Waals surface area contributed by atoms with Crippen LogP contribution in [0.1, 0.15) is 40.0 Å².